The number of aromatic nitrogens is 2. The van der Waals surface area contributed by atoms with Gasteiger partial charge in [-0.05, 0) is 24.6 Å². The third-order valence-corrected chi connectivity index (χ3v) is 3.73. The van der Waals surface area contributed by atoms with Crippen LogP contribution < -0.4 is 10.5 Å². The molecule has 0 unspecified atom stereocenters. The van der Waals surface area contributed by atoms with Crippen molar-refractivity contribution in [1.29, 1.82) is 0 Å². The molecule has 0 aliphatic rings. The molecule has 0 radical (unpaired) electrons. The molecule has 0 saturated heterocycles. The summed E-state index contributed by atoms with van der Waals surface area (Å²) in [5, 5.41) is 6.95. The fourth-order valence-corrected chi connectivity index (χ4v) is 2.58. The van der Waals surface area contributed by atoms with Crippen LogP contribution in [0.1, 0.15) is 5.01 Å². The van der Waals surface area contributed by atoms with E-state index in [2.05, 4.69) is 10.1 Å². The van der Waals surface area contributed by atoms with Crippen molar-refractivity contribution in [3.05, 3.63) is 34.7 Å². The average molecular weight is 287 g/mol. The van der Waals surface area contributed by atoms with E-state index in [4.69, 9.17) is 15.0 Å². The molecule has 20 heavy (non-hydrogen) atoms. The number of aryl methyl sites for hydroxylation is 1. The second kappa shape index (κ2) is 4.97. The van der Waals surface area contributed by atoms with E-state index in [0.29, 0.717) is 5.69 Å². The smallest absolute Gasteiger partial charge is 0.230 e. The summed E-state index contributed by atoms with van der Waals surface area (Å²) in [6.07, 6.45) is 0. The third kappa shape index (κ3) is 2.14. The first-order valence-corrected chi connectivity index (χ1v) is 6.89. The van der Waals surface area contributed by atoms with E-state index in [1.807, 2.05) is 36.6 Å². The van der Waals surface area contributed by atoms with Gasteiger partial charge < -0.3 is 15.0 Å². The second-order valence-electron chi connectivity index (χ2n) is 4.25. The lowest BCUT2D eigenvalue weighted by Gasteiger charge is -2.03. The summed E-state index contributed by atoms with van der Waals surface area (Å²) >= 11 is 1.56. The van der Waals surface area contributed by atoms with Crippen LogP contribution in [0.25, 0.3) is 22.5 Å². The molecule has 0 amide bonds. The van der Waals surface area contributed by atoms with Crippen LogP contribution in [0.4, 0.5) is 5.88 Å². The summed E-state index contributed by atoms with van der Waals surface area (Å²) in [5.74, 6) is 1.07. The molecule has 2 aromatic heterocycles. The van der Waals surface area contributed by atoms with E-state index in [9.17, 15) is 0 Å². The zero-order valence-corrected chi connectivity index (χ0v) is 11.9. The molecule has 2 heterocycles. The lowest BCUT2D eigenvalue weighted by atomic mass is 10.0. The van der Waals surface area contributed by atoms with Gasteiger partial charge in [0.2, 0.25) is 5.88 Å². The Morgan fingerprint density at radius 2 is 2.00 bits per heavy atom. The molecule has 3 aromatic rings. The summed E-state index contributed by atoms with van der Waals surface area (Å²) in [6, 6.07) is 7.59. The Labute approximate surface area is 120 Å². The van der Waals surface area contributed by atoms with Crippen LogP contribution in [-0.2, 0) is 0 Å². The lowest BCUT2D eigenvalue weighted by Crippen LogP contribution is -1.89. The number of hydrogen-bond donors (Lipinski definition) is 1. The number of anilines is 1. The monoisotopic (exact) mass is 287 g/mol. The number of thiazole rings is 1. The van der Waals surface area contributed by atoms with Crippen molar-refractivity contribution in [3.63, 3.8) is 0 Å². The summed E-state index contributed by atoms with van der Waals surface area (Å²) < 4.78 is 10.3. The molecule has 0 atom stereocenters. The van der Waals surface area contributed by atoms with E-state index < -0.39 is 0 Å². The molecule has 0 fully saturated rings. The average Bonchev–Trinajstić information content (AvgIpc) is 3.05. The van der Waals surface area contributed by atoms with Gasteiger partial charge in [0, 0.05) is 5.38 Å². The molecular weight excluding hydrogens is 274 g/mol. The van der Waals surface area contributed by atoms with Gasteiger partial charge in [-0.1, -0.05) is 17.3 Å². The zero-order valence-electron chi connectivity index (χ0n) is 11.1. The molecule has 1 aromatic carbocycles. The largest absolute Gasteiger partial charge is 0.497 e. The van der Waals surface area contributed by atoms with Crippen LogP contribution in [0.2, 0.25) is 0 Å². The maximum absolute atomic E-state index is 5.90. The Hall–Kier alpha value is -2.34. The minimum atomic E-state index is 0.288. The van der Waals surface area contributed by atoms with Crippen molar-refractivity contribution in [2.45, 2.75) is 6.92 Å². The van der Waals surface area contributed by atoms with E-state index in [1.54, 1.807) is 18.4 Å². The number of ether oxygens (including phenoxy) is 1. The summed E-state index contributed by atoms with van der Waals surface area (Å²) in [4.78, 5) is 4.43. The van der Waals surface area contributed by atoms with Crippen molar-refractivity contribution in [2.75, 3.05) is 12.8 Å². The first-order chi connectivity index (χ1) is 9.69. The van der Waals surface area contributed by atoms with Gasteiger partial charge in [-0.3, -0.25) is 0 Å². The van der Waals surface area contributed by atoms with Gasteiger partial charge in [0.05, 0.1) is 17.7 Å². The number of hydrogen-bond acceptors (Lipinski definition) is 6. The number of methoxy groups -OCH3 is 1. The Kier molecular flexibility index (Phi) is 3.15. The highest BCUT2D eigenvalue weighted by Crippen LogP contribution is 2.36. The highest BCUT2D eigenvalue weighted by atomic mass is 32.1. The highest BCUT2D eigenvalue weighted by molar-refractivity contribution is 7.09. The van der Waals surface area contributed by atoms with E-state index in [-0.39, 0.29) is 5.88 Å². The predicted octanol–water partition coefficient (Wildman–Crippen LogP) is 3.36. The molecular formula is C14H13N3O2S. The Bertz CT molecular complexity index is 731. The normalized spacial score (nSPS) is 10.7. The van der Waals surface area contributed by atoms with Gasteiger partial charge in [0.1, 0.15) is 17.1 Å². The SMILES string of the molecule is COc1ccc(-c2c(-c3csc(C)n3)noc2N)cc1. The van der Waals surface area contributed by atoms with Gasteiger partial charge in [-0.15, -0.1) is 11.3 Å². The molecule has 0 aliphatic heterocycles. The van der Waals surface area contributed by atoms with Crippen molar-refractivity contribution < 1.29 is 9.26 Å². The van der Waals surface area contributed by atoms with Crippen LogP contribution in [0.3, 0.4) is 0 Å². The minimum absolute atomic E-state index is 0.288. The maximum atomic E-state index is 5.90. The Morgan fingerprint density at radius 1 is 1.25 bits per heavy atom. The summed E-state index contributed by atoms with van der Waals surface area (Å²) in [6.45, 7) is 1.95. The lowest BCUT2D eigenvalue weighted by molar-refractivity contribution is 0.415. The third-order valence-electron chi connectivity index (χ3n) is 2.96. The summed E-state index contributed by atoms with van der Waals surface area (Å²) in [5.41, 5.74) is 9.03. The van der Waals surface area contributed by atoms with Crippen LogP contribution >= 0.6 is 11.3 Å². The molecule has 0 spiro atoms. The van der Waals surface area contributed by atoms with E-state index in [0.717, 1.165) is 27.6 Å². The molecule has 0 bridgehead atoms. The van der Waals surface area contributed by atoms with Crippen molar-refractivity contribution in [2.24, 2.45) is 0 Å². The number of nitrogens with zero attached hydrogens (tertiary/aromatic N) is 2. The van der Waals surface area contributed by atoms with Crippen LogP contribution in [0.15, 0.2) is 34.2 Å². The van der Waals surface area contributed by atoms with Gasteiger partial charge in [0.15, 0.2) is 0 Å². The van der Waals surface area contributed by atoms with Gasteiger partial charge in [-0.25, -0.2) is 4.98 Å². The number of nitrogens with two attached hydrogens (primary N) is 1. The summed E-state index contributed by atoms with van der Waals surface area (Å²) in [7, 11) is 1.63. The fourth-order valence-electron chi connectivity index (χ4n) is 1.99. The predicted molar refractivity (Wildman–Crippen MR) is 78.7 cm³/mol. The highest BCUT2D eigenvalue weighted by Gasteiger charge is 2.19. The fraction of sp³-hybridized carbons (Fsp3) is 0.143. The first-order valence-electron chi connectivity index (χ1n) is 6.01. The van der Waals surface area contributed by atoms with Crippen LogP contribution in [0.5, 0.6) is 5.75 Å². The van der Waals surface area contributed by atoms with E-state index in [1.165, 1.54) is 0 Å². The Morgan fingerprint density at radius 3 is 2.60 bits per heavy atom. The molecule has 0 saturated carbocycles. The zero-order chi connectivity index (χ0) is 14.1. The molecule has 6 heteroatoms. The van der Waals surface area contributed by atoms with Crippen LogP contribution in [-0.4, -0.2) is 17.3 Å². The number of benzene rings is 1. The molecule has 102 valence electrons. The van der Waals surface area contributed by atoms with E-state index >= 15 is 0 Å². The molecule has 0 aliphatic carbocycles. The van der Waals surface area contributed by atoms with Gasteiger partial charge >= 0.3 is 0 Å². The van der Waals surface area contributed by atoms with Crippen molar-refractivity contribution in [3.8, 4) is 28.3 Å². The van der Waals surface area contributed by atoms with Crippen molar-refractivity contribution >= 4 is 17.2 Å². The maximum Gasteiger partial charge on any atom is 0.230 e. The van der Waals surface area contributed by atoms with Gasteiger partial charge in [0.25, 0.3) is 0 Å². The van der Waals surface area contributed by atoms with Crippen LogP contribution in [0, 0.1) is 6.92 Å². The number of rotatable bonds is 3. The molecule has 5 nitrogen and oxygen atoms in total. The molecule has 2 N–H and O–H groups in total. The minimum Gasteiger partial charge on any atom is -0.497 e. The standard InChI is InChI=1S/C14H13N3O2S/c1-8-16-11(7-20-8)13-12(14(15)19-17-13)9-3-5-10(18-2)6-4-9/h3-7H,15H2,1-2H3. The van der Waals surface area contributed by atoms with Crippen molar-refractivity contribution in [1.82, 2.24) is 10.1 Å². The Balaban J connectivity index is 2.10. The first kappa shape index (κ1) is 12.7. The quantitative estimate of drug-likeness (QED) is 0.799. The second-order valence-corrected chi connectivity index (χ2v) is 5.31. The number of nitrogen functional groups attached to an aromatic ring is 1. The molecule has 3 rings (SSSR count). The van der Waals surface area contributed by atoms with Gasteiger partial charge in [-0.2, -0.15) is 0 Å². The topological polar surface area (TPSA) is 74.2 Å².